The highest BCUT2D eigenvalue weighted by Gasteiger charge is 2.42. The summed E-state index contributed by atoms with van der Waals surface area (Å²) >= 11 is 9.37. The lowest BCUT2D eigenvalue weighted by molar-refractivity contribution is 0.548. The molecule has 0 aliphatic carbocycles. The van der Waals surface area contributed by atoms with Crippen LogP contribution in [0.25, 0.3) is 5.69 Å². The summed E-state index contributed by atoms with van der Waals surface area (Å²) < 4.78 is 3.27. The van der Waals surface area contributed by atoms with Gasteiger partial charge in [0, 0.05) is 33.9 Å². The predicted molar refractivity (Wildman–Crippen MR) is 130 cm³/mol. The summed E-state index contributed by atoms with van der Waals surface area (Å²) in [6, 6.07) is 22.4. The van der Waals surface area contributed by atoms with E-state index in [1.165, 1.54) is 0 Å². The molecule has 1 aliphatic rings. The number of aromatic nitrogens is 3. The van der Waals surface area contributed by atoms with Gasteiger partial charge < -0.3 is 14.8 Å². The first-order valence-electron chi connectivity index (χ1n) is 9.98. The Morgan fingerprint density at radius 1 is 0.935 bits per heavy atom. The van der Waals surface area contributed by atoms with Crippen LogP contribution >= 0.6 is 28.1 Å². The van der Waals surface area contributed by atoms with Gasteiger partial charge in [-0.1, -0.05) is 22.0 Å². The summed E-state index contributed by atoms with van der Waals surface area (Å²) in [4.78, 5) is 11.2. The van der Waals surface area contributed by atoms with E-state index in [2.05, 4.69) is 77.9 Å². The number of nitrogens with zero attached hydrogens (tertiary/aromatic N) is 4. The van der Waals surface area contributed by atoms with Crippen LogP contribution in [0.5, 0.6) is 0 Å². The van der Waals surface area contributed by atoms with Crippen molar-refractivity contribution in [3.05, 3.63) is 107 Å². The quantitative estimate of drug-likeness (QED) is 0.382. The van der Waals surface area contributed by atoms with E-state index in [1.807, 2.05) is 48.8 Å². The van der Waals surface area contributed by atoms with E-state index in [-0.39, 0.29) is 12.1 Å². The first-order valence-corrected chi connectivity index (χ1v) is 11.2. The number of nitrogens with one attached hydrogen (secondary N) is 1. The van der Waals surface area contributed by atoms with Gasteiger partial charge in [-0.05, 0) is 79.8 Å². The second kappa shape index (κ2) is 8.24. The number of rotatable bonds is 4. The van der Waals surface area contributed by atoms with Gasteiger partial charge in [0.15, 0.2) is 5.11 Å². The molecule has 7 heteroatoms. The van der Waals surface area contributed by atoms with Crippen molar-refractivity contribution in [3.63, 3.8) is 0 Å². The Morgan fingerprint density at radius 2 is 1.77 bits per heavy atom. The van der Waals surface area contributed by atoms with Crippen LogP contribution in [0, 0.1) is 6.92 Å². The summed E-state index contributed by atoms with van der Waals surface area (Å²) in [6.45, 7) is 2.11. The van der Waals surface area contributed by atoms with Gasteiger partial charge in [0.25, 0.3) is 0 Å². The second-order valence-corrected chi connectivity index (χ2v) is 8.72. The maximum Gasteiger partial charge on any atom is 0.174 e. The zero-order valence-corrected chi connectivity index (χ0v) is 19.2. The number of anilines is 1. The minimum absolute atomic E-state index is 0.0857. The Bertz CT molecular complexity index is 1210. The smallest absolute Gasteiger partial charge is 0.174 e. The molecule has 0 saturated carbocycles. The van der Waals surface area contributed by atoms with Crippen molar-refractivity contribution in [3.8, 4) is 5.69 Å². The van der Waals surface area contributed by atoms with Gasteiger partial charge in [0.2, 0.25) is 0 Å². The van der Waals surface area contributed by atoms with E-state index >= 15 is 0 Å². The largest absolute Gasteiger partial charge is 0.351 e. The van der Waals surface area contributed by atoms with Crippen molar-refractivity contribution < 1.29 is 0 Å². The summed E-state index contributed by atoms with van der Waals surface area (Å²) in [6.07, 6.45) is 5.50. The number of halogens is 1. The molecule has 2 atom stereocenters. The third kappa shape index (κ3) is 3.64. The van der Waals surface area contributed by atoms with Crippen molar-refractivity contribution in [2.75, 3.05) is 4.90 Å². The van der Waals surface area contributed by atoms with E-state index < -0.39 is 0 Å². The fraction of sp³-hybridized carbons (Fsp3) is 0.125. The Balaban J connectivity index is 1.70. The molecule has 0 spiro atoms. The molecule has 0 unspecified atom stereocenters. The summed E-state index contributed by atoms with van der Waals surface area (Å²) in [5, 5.41) is 4.20. The molecule has 1 saturated heterocycles. The highest BCUT2D eigenvalue weighted by atomic mass is 79.9. The molecular formula is C24H20BrN5S. The fourth-order valence-electron chi connectivity index (χ4n) is 4.16. The molecular weight excluding hydrogens is 470 g/mol. The number of benzene rings is 1. The Kier molecular flexibility index (Phi) is 5.29. The molecule has 154 valence electrons. The Labute approximate surface area is 194 Å². The third-order valence-corrected chi connectivity index (χ3v) is 6.36. The van der Waals surface area contributed by atoms with E-state index in [0.29, 0.717) is 5.11 Å². The predicted octanol–water partition coefficient (Wildman–Crippen LogP) is 5.52. The molecule has 1 aliphatic heterocycles. The molecule has 0 bridgehead atoms. The van der Waals surface area contributed by atoms with Crippen molar-refractivity contribution in [2.24, 2.45) is 0 Å². The van der Waals surface area contributed by atoms with Gasteiger partial charge in [-0.15, -0.1) is 0 Å². The first-order chi connectivity index (χ1) is 15.1. The lowest BCUT2D eigenvalue weighted by Gasteiger charge is -2.29. The average Bonchev–Trinajstić information content (AvgIpc) is 3.35. The van der Waals surface area contributed by atoms with Crippen LogP contribution < -0.4 is 10.2 Å². The lowest BCUT2D eigenvalue weighted by Crippen LogP contribution is -2.30. The van der Waals surface area contributed by atoms with Gasteiger partial charge in [0.1, 0.15) is 6.04 Å². The maximum atomic E-state index is 5.83. The Hall–Kier alpha value is -3.03. The van der Waals surface area contributed by atoms with Crippen molar-refractivity contribution >= 4 is 38.9 Å². The van der Waals surface area contributed by atoms with Gasteiger partial charge in [-0.25, -0.2) is 0 Å². The molecule has 5 nitrogen and oxygen atoms in total. The molecule has 0 amide bonds. The number of thiocarbonyl (C=S) groups is 1. The van der Waals surface area contributed by atoms with Crippen LogP contribution in [0.15, 0.2) is 89.8 Å². The zero-order valence-electron chi connectivity index (χ0n) is 16.8. The van der Waals surface area contributed by atoms with Gasteiger partial charge in [-0.3, -0.25) is 9.97 Å². The summed E-state index contributed by atoms with van der Waals surface area (Å²) in [5.74, 6) is 0. The number of aryl methyl sites for hydroxylation is 1. The molecule has 3 aromatic heterocycles. The standard InChI is InChI=1S/C24H20BrN5S/c1-16-7-12-21(29(16)19-5-4-13-26-15-19)23-22(20-6-2-3-14-27-20)28-24(31)30(23)18-10-8-17(25)9-11-18/h2-15,22-23H,1H3,(H,28,31)/t22-,23-/m0/s1. The molecule has 1 fully saturated rings. The minimum atomic E-state index is -0.0953. The summed E-state index contributed by atoms with van der Waals surface area (Å²) in [5.41, 5.74) is 5.26. The van der Waals surface area contributed by atoms with Crippen LogP contribution in [0.2, 0.25) is 0 Å². The van der Waals surface area contributed by atoms with E-state index in [0.717, 1.165) is 32.9 Å². The normalized spacial score (nSPS) is 18.3. The van der Waals surface area contributed by atoms with Crippen LogP contribution in [0.3, 0.4) is 0 Å². The zero-order chi connectivity index (χ0) is 21.4. The highest BCUT2D eigenvalue weighted by Crippen LogP contribution is 2.42. The summed E-state index contributed by atoms with van der Waals surface area (Å²) in [7, 11) is 0. The van der Waals surface area contributed by atoms with E-state index in [1.54, 1.807) is 6.20 Å². The van der Waals surface area contributed by atoms with Gasteiger partial charge in [0.05, 0.1) is 23.6 Å². The molecule has 1 aromatic carbocycles. The molecule has 0 radical (unpaired) electrons. The van der Waals surface area contributed by atoms with E-state index in [9.17, 15) is 0 Å². The monoisotopic (exact) mass is 489 g/mol. The van der Waals surface area contributed by atoms with Crippen molar-refractivity contribution in [1.29, 1.82) is 0 Å². The van der Waals surface area contributed by atoms with E-state index in [4.69, 9.17) is 12.2 Å². The van der Waals surface area contributed by atoms with Crippen molar-refractivity contribution in [1.82, 2.24) is 19.9 Å². The molecule has 1 N–H and O–H groups in total. The van der Waals surface area contributed by atoms with Crippen LogP contribution in [0.4, 0.5) is 5.69 Å². The Morgan fingerprint density at radius 3 is 2.48 bits per heavy atom. The topological polar surface area (TPSA) is 46.0 Å². The number of hydrogen-bond donors (Lipinski definition) is 1. The fourth-order valence-corrected chi connectivity index (χ4v) is 4.77. The highest BCUT2D eigenvalue weighted by molar-refractivity contribution is 9.10. The SMILES string of the molecule is Cc1ccc([C@H]2[C@H](c3ccccn3)NC(=S)N2c2ccc(Br)cc2)n1-c1cccnc1. The number of pyridine rings is 2. The molecule has 4 heterocycles. The molecule has 31 heavy (non-hydrogen) atoms. The second-order valence-electron chi connectivity index (χ2n) is 7.42. The van der Waals surface area contributed by atoms with Crippen LogP contribution in [-0.4, -0.2) is 19.6 Å². The van der Waals surface area contributed by atoms with Crippen LogP contribution in [-0.2, 0) is 0 Å². The average molecular weight is 490 g/mol. The molecule has 5 rings (SSSR count). The first kappa shape index (κ1) is 19.9. The van der Waals surface area contributed by atoms with Crippen LogP contribution in [0.1, 0.15) is 29.2 Å². The maximum absolute atomic E-state index is 5.83. The molecule has 4 aromatic rings. The third-order valence-electron chi connectivity index (χ3n) is 5.52. The minimum Gasteiger partial charge on any atom is -0.351 e. The number of hydrogen-bond acceptors (Lipinski definition) is 3. The van der Waals surface area contributed by atoms with Crippen molar-refractivity contribution in [2.45, 2.75) is 19.0 Å². The van der Waals surface area contributed by atoms with Gasteiger partial charge in [-0.2, -0.15) is 0 Å². The van der Waals surface area contributed by atoms with Gasteiger partial charge >= 0.3 is 0 Å². The lowest BCUT2D eigenvalue weighted by atomic mass is 10.0.